The fraction of sp³-hybridized carbons (Fsp3) is 0.389. The van der Waals surface area contributed by atoms with Crippen molar-refractivity contribution in [2.75, 3.05) is 5.32 Å². The third kappa shape index (κ3) is 3.80. The van der Waals surface area contributed by atoms with Gasteiger partial charge in [-0.15, -0.1) is 0 Å². The largest absolute Gasteiger partial charge is 0.490 e. The van der Waals surface area contributed by atoms with Crippen molar-refractivity contribution in [3.63, 3.8) is 0 Å². The van der Waals surface area contributed by atoms with Gasteiger partial charge in [0.25, 0.3) is 0 Å². The minimum Gasteiger partial charge on any atom is -0.490 e. The number of alkyl halides is 1. The molecule has 1 amide bonds. The maximum atomic E-state index is 12.2. The highest BCUT2D eigenvalue weighted by molar-refractivity contribution is 9.10. The Labute approximate surface area is 140 Å². The average Bonchev–Trinajstić information content (AvgIpc) is 2.48. The first-order chi connectivity index (χ1) is 10.3. The molecule has 1 atom stereocenters. The number of carbonyl (C=O) groups excluding carboxylic acids is 1. The van der Waals surface area contributed by atoms with Gasteiger partial charge in [0.2, 0.25) is 5.91 Å². The summed E-state index contributed by atoms with van der Waals surface area (Å²) in [7, 11) is 0. The molecule has 118 valence electrons. The number of rotatable bonds is 5. The summed E-state index contributed by atoms with van der Waals surface area (Å²) < 4.78 is 5.37. The van der Waals surface area contributed by atoms with Crippen LogP contribution in [0.15, 0.2) is 36.4 Å². The van der Waals surface area contributed by atoms with Crippen molar-refractivity contribution in [3.05, 3.63) is 36.4 Å². The second-order valence-electron chi connectivity index (χ2n) is 5.92. The maximum Gasteiger partial charge on any atom is 0.240 e. The molecule has 0 fully saturated rings. The van der Waals surface area contributed by atoms with E-state index in [-0.39, 0.29) is 12.0 Å². The Morgan fingerprint density at radius 1 is 1.23 bits per heavy atom. The van der Waals surface area contributed by atoms with Crippen molar-refractivity contribution in [1.82, 2.24) is 0 Å². The third-order valence-electron chi connectivity index (χ3n) is 3.58. The summed E-state index contributed by atoms with van der Waals surface area (Å²) >= 11 is 3.39. The molecule has 0 saturated heterocycles. The number of halogens is 1. The molecule has 0 unspecified atom stereocenters. The fourth-order valence-electron chi connectivity index (χ4n) is 2.05. The topological polar surface area (TPSA) is 38.3 Å². The van der Waals surface area contributed by atoms with Gasteiger partial charge in [-0.05, 0) is 39.3 Å². The van der Waals surface area contributed by atoms with Crippen LogP contribution >= 0.6 is 15.9 Å². The predicted molar refractivity (Wildman–Crippen MR) is 96.0 cm³/mol. The van der Waals surface area contributed by atoms with Crippen molar-refractivity contribution in [1.29, 1.82) is 0 Å². The van der Waals surface area contributed by atoms with E-state index in [2.05, 4.69) is 35.1 Å². The zero-order chi connectivity index (χ0) is 16.3. The van der Waals surface area contributed by atoms with Crippen LogP contribution in [0.2, 0.25) is 0 Å². The SMILES string of the molecule is CC[C@@H](C)Oc1ccc(NC(=O)C(C)(C)Br)c2ccccc12. The molecular weight excluding hydrogens is 342 g/mol. The van der Waals surface area contributed by atoms with Gasteiger partial charge in [0, 0.05) is 16.5 Å². The Bertz CT molecular complexity index is 676. The van der Waals surface area contributed by atoms with Crippen molar-refractivity contribution in [3.8, 4) is 5.75 Å². The number of amides is 1. The number of ether oxygens (including phenoxy) is 1. The first-order valence-corrected chi connectivity index (χ1v) is 8.31. The average molecular weight is 364 g/mol. The molecule has 22 heavy (non-hydrogen) atoms. The molecule has 2 aromatic carbocycles. The minimum atomic E-state index is -0.611. The van der Waals surface area contributed by atoms with Crippen LogP contribution in [-0.2, 0) is 4.79 Å². The second-order valence-corrected chi connectivity index (χ2v) is 7.90. The molecule has 0 aliphatic rings. The van der Waals surface area contributed by atoms with Gasteiger partial charge in [0.15, 0.2) is 0 Å². The van der Waals surface area contributed by atoms with Crippen LogP contribution in [0.1, 0.15) is 34.1 Å². The van der Waals surface area contributed by atoms with E-state index in [0.29, 0.717) is 0 Å². The highest BCUT2D eigenvalue weighted by Gasteiger charge is 2.24. The van der Waals surface area contributed by atoms with Crippen LogP contribution in [0.4, 0.5) is 5.69 Å². The monoisotopic (exact) mass is 363 g/mol. The molecule has 0 aliphatic carbocycles. The van der Waals surface area contributed by atoms with Crippen LogP contribution in [0.5, 0.6) is 5.75 Å². The first-order valence-electron chi connectivity index (χ1n) is 7.51. The van der Waals surface area contributed by atoms with Gasteiger partial charge >= 0.3 is 0 Å². The molecular formula is C18H22BrNO2. The molecule has 0 radical (unpaired) electrons. The number of hydrogen-bond donors (Lipinski definition) is 1. The Balaban J connectivity index is 2.42. The Morgan fingerprint density at radius 2 is 1.86 bits per heavy atom. The molecule has 0 saturated carbocycles. The van der Waals surface area contributed by atoms with Gasteiger partial charge in [-0.1, -0.05) is 47.1 Å². The number of nitrogens with one attached hydrogen (secondary N) is 1. The van der Waals surface area contributed by atoms with Gasteiger partial charge in [0.05, 0.1) is 10.4 Å². The molecule has 4 heteroatoms. The summed E-state index contributed by atoms with van der Waals surface area (Å²) in [5.74, 6) is 0.772. The maximum absolute atomic E-state index is 12.2. The van der Waals surface area contributed by atoms with Crippen molar-refractivity contribution < 1.29 is 9.53 Å². The quantitative estimate of drug-likeness (QED) is 0.747. The minimum absolute atomic E-state index is 0.0757. The third-order valence-corrected chi connectivity index (χ3v) is 3.94. The number of anilines is 1. The van der Waals surface area contributed by atoms with Crippen LogP contribution in [0.3, 0.4) is 0 Å². The molecule has 2 aromatic rings. The summed E-state index contributed by atoms with van der Waals surface area (Å²) in [5.41, 5.74) is 0.796. The normalized spacial score (nSPS) is 13.0. The van der Waals surface area contributed by atoms with Crippen molar-refractivity contribution >= 4 is 38.3 Å². The summed E-state index contributed by atoms with van der Waals surface area (Å²) in [6, 6.07) is 11.8. The zero-order valence-electron chi connectivity index (χ0n) is 13.4. The van der Waals surface area contributed by atoms with Crippen LogP contribution < -0.4 is 10.1 Å². The molecule has 0 heterocycles. The number of benzene rings is 2. The highest BCUT2D eigenvalue weighted by Crippen LogP contribution is 2.33. The number of fused-ring (bicyclic) bond motifs is 1. The highest BCUT2D eigenvalue weighted by atomic mass is 79.9. The molecule has 0 bridgehead atoms. The van der Waals surface area contributed by atoms with E-state index in [1.165, 1.54) is 0 Å². The van der Waals surface area contributed by atoms with Gasteiger partial charge in [0.1, 0.15) is 5.75 Å². The van der Waals surface area contributed by atoms with Gasteiger partial charge < -0.3 is 10.1 Å². The van der Waals surface area contributed by atoms with Crippen LogP contribution in [0, 0.1) is 0 Å². The fourth-order valence-corrected chi connectivity index (χ4v) is 2.15. The van der Waals surface area contributed by atoms with Crippen molar-refractivity contribution in [2.45, 2.75) is 44.5 Å². The number of carbonyl (C=O) groups is 1. The zero-order valence-corrected chi connectivity index (χ0v) is 15.0. The lowest BCUT2D eigenvalue weighted by atomic mass is 10.1. The predicted octanol–water partition coefficient (Wildman–Crippen LogP) is 5.13. The van der Waals surface area contributed by atoms with E-state index in [9.17, 15) is 4.79 Å². The summed E-state index contributed by atoms with van der Waals surface area (Å²) in [6.45, 7) is 7.80. The summed E-state index contributed by atoms with van der Waals surface area (Å²) in [4.78, 5) is 12.2. The molecule has 2 rings (SSSR count). The smallest absolute Gasteiger partial charge is 0.240 e. The summed E-state index contributed by atoms with van der Waals surface area (Å²) in [6.07, 6.45) is 1.11. The molecule has 3 nitrogen and oxygen atoms in total. The van der Waals surface area contributed by atoms with E-state index in [4.69, 9.17) is 4.74 Å². The first kappa shape index (κ1) is 16.8. The Kier molecular flexibility index (Phi) is 5.12. The molecule has 0 spiro atoms. The Morgan fingerprint density at radius 3 is 2.45 bits per heavy atom. The lowest BCUT2D eigenvalue weighted by Gasteiger charge is -2.19. The van der Waals surface area contributed by atoms with Gasteiger partial charge in [-0.2, -0.15) is 0 Å². The number of hydrogen-bond acceptors (Lipinski definition) is 2. The van der Waals surface area contributed by atoms with Crippen LogP contribution in [-0.4, -0.2) is 16.3 Å². The lowest BCUT2D eigenvalue weighted by Crippen LogP contribution is -2.31. The van der Waals surface area contributed by atoms with E-state index in [1.54, 1.807) is 0 Å². The van der Waals surface area contributed by atoms with E-state index >= 15 is 0 Å². The molecule has 0 aliphatic heterocycles. The second kappa shape index (κ2) is 6.69. The standard InChI is InChI=1S/C18H22BrNO2/c1-5-12(2)22-16-11-10-15(20-17(21)18(3,4)19)13-8-6-7-9-14(13)16/h6-12H,5H2,1-4H3,(H,20,21)/t12-/m1/s1. The van der Waals surface area contributed by atoms with Gasteiger partial charge in [-0.3, -0.25) is 4.79 Å². The van der Waals surface area contributed by atoms with E-state index < -0.39 is 4.32 Å². The van der Waals surface area contributed by atoms with Crippen LogP contribution in [0.25, 0.3) is 10.8 Å². The van der Waals surface area contributed by atoms with Gasteiger partial charge in [-0.25, -0.2) is 0 Å². The Hall–Kier alpha value is -1.55. The van der Waals surface area contributed by atoms with E-state index in [1.807, 2.05) is 50.2 Å². The lowest BCUT2D eigenvalue weighted by molar-refractivity contribution is -0.117. The van der Waals surface area contributed by atoms with Crippen molar-refractivity contribution in [2.24, 2.45) is 0 Å². The molecule has 0 aromatic heterocycles. The molecule has 1 N–H and O–H groups in total. The van der Waals surface area contributed by atoms with E-state index in [0.717, 1.165) is 28.6 Å². The summed E-state index contributed by atoms with van der Waals surface area (Å²) in [5, 5.41) is 4.97.